The van der Waals surface area contributed by atoms with Gasteiger partial charge in [0.1, 0.15) is 6.54 Å². The van der Waals surface area contributed by atoms with Crippen molar-refractivity contribution in [1.29, 1.82) is 0 Å². The average Bonchev–Trinajstić information content (AvgIpc) is 3.01. The lowest BCUT2D eigenvalue weighted by molar-refractivity contribution is -0.121. The Hall–Kier alpha value is -3.23. The molecule has 0 atom stereocenters. The van der Waals surface area contributed by atoms with Gasteiger partial charge in [-0.3, -0.25) is 23.7 Å². The van der Waals surface area contributed by atoms with Gasteiger partial charge < -0.3 is 9.88 Å². The van der Waals surface area contributed by atoms with E-state index in [-0.39, 0.29) is 23.6 Å². The molecule has 9 nitrogen and oxygen atoms in total. The molecule has 0 aliphatic carbocycles. The number of nitrogens with zero attached hydrogens (tertiary/aromatic N) is 5. The zero-order valence-electron chi connectivity index (χ0n) is 13.3. The predicted octanol–water partition coefficient (Wildman–Crippen LogP) is -0.855. The molecule has 0 fully saturated rings. The number of aryl methyl sites for hydroxylation is 1. The van der Waals surface area contributed by atoms with Crippen LogP contribution in [0.1, 0.15) is 5.56 Å². The van der Waals surface area contributed by atoms with Crippen LogP contribution in [0.25, 0.3) is 11.2 Å². The predicted molar refractivity (Wildman–Crippen MR) is 86.3 cm³/mol. The van der Waals surface area contributed by atoms with E-state index >= 15 is 0 Å². The molecule has 0 spiro atoms. The summed E-state index contributed by atoms with van der Waals surface area (Å²) in [6, 6.07) is 3.61. The van der Waals surface area contributed by atoms with Crippen LogP contribution in [0.2, 0.25) is 0 Å². The summed E-state index contributed by atoms with van der Waals surface area (Å²) < 4.78 is 3.72. The van der Waals surface area contributed by atoms with Gasteiger partial charge >= 0.3 is 5.69 Å². The van der Waals surface area contributed by atoms with E-state index in [0.717, 1.165) is 10.1 Å². The van der Waals surface area contributed by atoms with Crippen LogP contribution < -0.4 is 16.6 Å². The molecule has 0 saturated carbocycles. The first-order valence-electron chi connectivity index (χ1n) is 7.25. The van der Waals surface area contributed by atoms with Gasteiger partial charge in [-0.15, -0.1) is 0 Å². The topological polar surface area (TPSA) is 104 Å². The second kappa shape index (κ2) is 6.11. The minimum absolute atomic E-state index is 0.0605. The van der Waals surface area contributed by atoms with E-state index in [4.69, 9.17) is 0 Å². The number of aromatic nitrogens is 5. The van der Waals surface area contributed by atoms with Crippen molar-refractivity contribution < 1.29 is 4.79 Å². The molecular formula is C15H16N6O3. The van der Waals surface area contributed by atoms with Gasteiger partial charge in [0, 0.05) is 33.0 Å². The Labute approximate surface area is 136 Å². The van der Waals surface area contributed by atoms with E-state index < -0.39 is 11.2 Å². The van der Waals surface area contributed by atoms with Crippen LogP contribution in [-0.2, 0) is 32.0 Å². The van der Waals surface area contributed by atoms with E-state index in [1.165, 1.54) is 29.6 Å². The van der Waals surface area contributed by atoms with Gasteiger partial charge in [-0.1, -0.05) is 0 Å². The van der Waals surface area contributed by atoms with Gasteiger partial charge in [-0.2, -0.15) is 0 Å². The number of hydrogen-bond donors (Lipinski definition) is 1. The van der Waals surface area contributed by atoms with Crippen LogP contribution in [0.5, 0.6) is 0 Å². The van der Waals surface area contributed by atoms with Gasteiger partial charge in [0.15, 0.2) is 11.2 Å². The quantitative estimate of drug-likeness (QED) is 0.671. The number of imidazole rings is 1. The molecule has 1 amide bonds. The molecule has 1 N–H and O–H groups in total. The Morgan fingerprint density at radius 3 is 2.58 bits per heavy atom. The van der Waals surface area contributed by atoms with E-state index in [0.29, 0.717) is 6.54 Å². The Morgan fingerprint density at radius 2 is 1.88 bits per heavy atom. The first-order chi connectivity index (χ1) is 11.5. The third-order valence-electron chi connectivity index (χ3n) is 3.77. The molecule has 0 unspecified atom stereocenters. The number of fused-ring (bicyclic) bond motifs is 1. The third kappa shape index (κ3) is 2.71. The normalized spacial score (nSPS) is 10.9. The van der Waals surface area contributed by atoms with Crippen molar-refractivity contribution in [1.82, 2.24) is 29.0 Å². The Bertz CT molecular complexity index is 1020. The molecule has 3 rings (SSSR count). The third-order valence-corrected chi connectivity index (χ3v) is 3.77. The fourth-order valence-corrected chi connectivity index (χ4v) is 2.43. The van der Waals surface area contributed by atoms with Crippen molar-refractivity contribution in [2.45, 2.75) is 13.1 Å². The highest BCUT2D eigenvalue weighted by Crippen LogP contribution is 2.05. The molecule has 0 saturated heterocycles. The van der Waals surface area contributed by atoms with Crippen LogP contribution in [0.4, 0.5) is 0 Å². The number of hydrogen-bond acceptors (Lipinski definition) is 5. The summed E-state index contributed by atoms with van der Waals surface area (Å²) in [4.78, 5) is 44.3. The Kier molecular flexibility index (Phi) is 3.98. The summed E-state index contributed by atoms with van der Waals surface area (Å²) in [7, 11) is 2.93. The molecular weight excluding hydrogens is 312 g/mol. The van der Waals surface area contributed by atoms with Crippen LogP contribution in [0.3, 0.4) is 0 Å². The van der Waals surface area contributed by atoms with E-state index in [1.54, 1.807) is 24.5 Å². The fourth-order valence-electron chi connectivity index (χ4n) is 2.43. The highest BCUT2D eigenvalue weighted by Gasteiger charge is 2.15. The minimum atomic E-state index is -0.479. The summed E-state index contributed by atoms with van der Waals surface area (Å²) in [5.41, 5.74) is 0.461. The minimum Gasteiger partial charge on any atom is -0.350 e. The molecule has 0 aliphatic rings. The summed E-state index contributed by atoms with van der Waals surface area (Å²) in [5, 5.41) is 2.77. The van der Waals surface area contributed by atoms with Crippen molar-refractivity contribution in [3.05, 3.63) is 57.3 Å². The molecule has 0 aliphatic heterocycles. The van der Waals surface area contributed by atoms with E-state index in [2.05, 4.69) is 15.3 Å². The number of pyridine rings is 1. The van der Waals surface area contributed by atoms with Gasteiger partial charge in [0.05, 0.1) is 6.33 Å². The SMILES string of the molecule is Cn1c(=O)c2c(ncn2CC(=O)NCc2ccncc2)n(C)c1=O. The number of nitrogens with one attached hydrogen (secondary N) is 1. The number of carbonyl (C=O) groups excluding carboxylic acids is 1. The molecule has 124 valence electrons. The largest absolute Gasteiger partial charge is 0.350 e. The smallest absolute Gasteiger partial charge is 0.332 e. The second-order valence-corrected chi connectivity index (χ2v) is 5.38. The van der Waals surface area contributed by atoms with Crippen molar-refractivity contribution in [3.63, 3.8) is 0 Å². The summed E-state index contributed by atoms with van der Waals surface area (Å²) in [6.45, 7) is 0.305. The molecule has 0 bridgehead atoms. The highest BCUT2D eigenvalue weighted by atomic mass is 16.2. The van der Waals surface area contributed by atoms with Crippen LogP contribution >= 0.6 is 0 Å². The first-order valence-corrected chi connectivity index (χ1v) is 7.25. The van der Waals surface area contributed by atoms with Gasteiger partial charge in [-0.05, 0) is 17.7 Å². The van der Waals surface area contributed by atoms with Crippen LogP contribution in [0.15, 0.2) is 40.4 Å². The van der Waals surface area contributed by atoms with Crippen LogP contribution in [-0.4, -0.2) is 29.6 Å². The maximum absolute atomic E-state index is 12.3. The Balaban J connectivity index is 1.84. The zero-order chi connectivity index (χ0) is 17.3. The van der Waals surface area contributed by atoms with Gasteiger partial charge in [-0.25, -0.2) is 9.78 Å². The van der Waals surface area contributed by atoms with E-state index in [9.17, 15) is 14.4 Å². The second-order valence-electron chi connectivity index (χ2n) is 5.38. The highest BCUT2D eigenvalue weighted by molar-refractivity contribution is 5.78. The monoisotopic (exact) mass is 328 g/mol. The molecule has 0 radical (unpaired) electrons. The number of carbonyl (C=O) groups is 1. The summed E-state index contributed by atoms with van der Waals surface area (Å²) in [6.07, 6.45) is 4.68. The van der Waals surface area contributed by atoms with Crippen molar-refractivity contribution in [2.75, 3.05) is 0 Å². The molecule has 3 heterocycles. The lowest BCUT2D eigenvalue weighted by Gasteiger charge is -2.08. The van der Waals surface area contributed by atoms with Gasteiger partial charge in [0.2, 0.25) is 5.91 Å². The molecule has 3 aromatic heterocycles. The van der Waals surface area contributed by atoms with Crippen LogP contribution in [0, 0.1) is 0 Å². The van der Waals surface area contributed by atoms with Gasteiger partial charge in [0.25, 0.3) is 5.56 Å². The maximum atomic E-state index is 12.3. The lowest BCUT2D eigenvalue weighted by Crippen LogP contribution is -2.38. The number of rotatable bonds is 4. The lowest BCUT2D eigenvalue weighted by atomic mass is 10.3. The number of amides is 1. The summed E-state index contributed by atoms with van der Waals surface area (Å²) >= 11 is 0. The molecule has 3 aromatic rings. The maximum Gasteiger partial charge on any atom is 0.332 e. The first kappa shape index (κ1) is 15.7. The van der Waals surface area contributed by atoms with E-state index in [1.807, 2.05) is 0 Å². The molecule has 0 aromatic carbocycles. The Morgan fingerprint density at radius 1 is 1.17 bits per heavy atom. The molecule has 24 heavy (non-hydrogen) atoms. The standard InChI is InChI=1S/C15H16N6O3/c1-19-13-12(14(23)20(2)15(19)24)21(9-18-13)8-11(22)17-7-10-3-5-16-6-4-10/h3-6,9H,7-8H2,1-2H3,(H,17,22). The average molecular weight is 328 g/mol. The molecule has 9 heteroatoms. The zero-order valence-corrected chi connectivity index (χ0v) is 13.3. The fraction of sp³-hybridized carbons (Fsp3) is 0.267. The van der Waals surface area contributed by atoms with Crippen molar-refractivity contribution in [2.24, 2.45) is 14.1 Å². The van der Waals surface area contributed by atoms with Crippen molar-refractivity contribution >= 4 is 17.1 Å². The van der Waals surface area contributed by atoms with Crippen molar-refractivity contribution in [3.8, 4) is 0 Å². The summed E-state index contributed by atoms with van der Waals surface area (Å²) in [5.74, 6) is -0.262.